The molecule has 1 aromatic heterocycles. The number of carbonyl (C=O) groups is 2. The molecule has 2 aliphatic rings. The molecular formula is C21H26N6O2. The molecule has 2 aromatic rings. The first kappa shape index (κ1) is 19.2. The van der Waals surface area contributed by atoms with Crippen LogP contribution < -0.4 is 15.1 Å². The first-order valence-electron chi connectivity index (χ1n) is 10.1. The number of hydrogen-bond donors (Lipinski definition) is 1. The van der Waals surface area contributed by atoms with Gasteiger partial charge in [0.1, 0.15) is 5.82 Å². The minimum absolute atomic E-state index is 0.0142. The van der Waals surface area contributed by atoms with Gasteiger partial charge in [0.15, 0.2) is 0 Å². The summed E-state index contributed by atoms with van der Waals surface area (Å²) in [7, 11) is 0. The SMILES string of the molecule is O=C(NCC(=O)N1CCN(c2ccnc(N3CCCC3)n2)CC1)c1ccccc1. The van der Waals surface area contributed by atoms with Crippen molar-refractivity contribution in [2.75, 3.05) is 55.6 Å². The Balaban J connectivity index is 1.27. The average Bonchev–Trinajstić information content (AvgIpc) is 3.33. The van der Waals surface area contributed by atoms with Gasteiger partial charge >= 0.3 is 0 Å². The summed E-state index contributed by atoms with van der Waals surface area (Å²) >= 11 is 0. The molecule has 0 bridgehead atoms. The fourth-order valence-electron chi connectivity index (χ4n) is 3.73. The highest BCUT2D eigenvalue weighted by atomic mass is 16.2. The molecule has 0 aliphatic carbocycles. The third-order valence-corrected chi connectivity index (χ3v) is 5.41. The van der Waals surface area contributed by atoms with Crippen molar-refractivity contribution in [1.82, 2.24) is 20.2 Å². The van der Waals surface area contributed by atoms with Crippen molar-refractivity contribution < 1.29 is 9.59 Å². The molecule has 0 radical (unpaired) electrons. The van der Waals surface area contributed by atoms with E-state index in [1.54, 1.807) is 29.2 Å². The minimum Gasteiger partial charge on any atom is -0.353 e. The minimum atomic E-state index is -0.229. The lowest BCUT2D eigenvalue weighted by molar-refractivity contribution is -0.130. The van der Waals surface area contributed by atoms with Gasteiger partial charge in [0.2, 0.25) is 11.9 Å². The van der Waals surface area contributed by atoms with Crippen molar-refractivity contribution in [2.45, 2.75) is 12.8 Å². The molecule has 3 heterocycles. The highest BCUT2D eigenvalue weighted by Gasteiger charge is 2.23. The van der Waals surface area contributed by atoms with Gasteiger partial charge < -0.3 is 20.0 Å². The van der Waals surface area contributed by atoms with E-state index in [0.717, 1.165) is 37.9 Å². The summed E-state index contributed by atoms with van der Waals surface area (Å²) in [6.07, 6.45) is 4.19. The maximum Gasteiger partial charge on any atom is 0.251 e. The molecule has 2 fully saturated rings. The van der Waals surface area contributed by atoms with Crippen molar-refractivity contribution in [3.63, 3.8) is 0 Å². The van der Waals surface area contributed by atoms with Gasteiger partial charge in [-0.05, 0) is 31.0 Å². The zero-order valence-electron chi connectivity index (χ0n) is 16.5. The number of benzene rings is 1. The lowest BCUT2D eigenvalue weighted by atomic mass is 10.2. The van der Waals surface area contributed by atoms with Gasteiger partial charge in [-0.25, -0.2) is 4.98 Å². The summed E-state index contributed by atoms with van der Waals surface area (Å²) in [6, 6.07) is 10.9. The fourth-order valence-corrected chi connectivity index (χ4v) is 3.73. The quantitative estimate of drug-likeness (QED) is 0.820. The second-order valence-corrected chi connectivity index (χ2v) is 7.33. The van der Waals surface area contributed by atoms with E-state index in [-0.39, 0.29) is 18.4 Å². The highest BCUT2D eigenvalue weighted by Crippen LogP contribution is 2.20. The van der Waals surface area contributed by atoms with Crippen LogP contribution in [0.25, 0.3) is 0 Å². The van der Waals surface area contributed by atoms with Gasteiger partial charge in [-0.2, -0.15) is 4.98 Å². The Morgan fingerprint density at radius 3 is 2.34 bits per heavy atom. The zero-order chi connectivity index (χ0) is 20.1. The number of piperazine rings is 1. The van der Waals surface area contributed by atoms with E-state index in [9.17, 15) is 9.59 Å². The molecule has 1 aromatic carbocycles. The molecule has 2 saturated heterocycles. The Morgan fingerprint density at radius 1 is 0.897 bits per heavy atom. The van der Waals surface area contributed by atoms with Crippen LogP contribution in [-0.2, 0) is 4.79 Å². The Kier molecular flexibility index (Phi) is 5.88. The summed E-state index contributed by atoms with van der Waals surface area (Å²) in [6.45, 7) is 4.71. The molecule has 0 saturated carbocycles. The largest absolute Gasteiger partial charge is 0.353 e. The van der Waals surface area contributed by atoms with Crippen LogP contribution in [0.3, 0.4) is 0 Å². The van der Waals surface area contributed by atoms with Crippen LogP contribution >= 0.6 is 0 Å². The molecular weight excluding hydrogens is 368 g/mol. The van der Waals surface area contributed by atoms with Crippen LogP contribution in [0.15, 0.2) is 42.6 Å². The third-order valence-electron chi connectivity index (χ3n) is 5.41. The zero-order valence-corrected chi connectivity index (χ0v) is 16.5. The van der Waals surface area contributed by atoms with Gasteiger partial charge in [-0.3, -0.25) is 9.59 Å². The number of nitrogens with one attached hydrogen (secondary N) is 1. The van der Waals surface area contributed by atoms with Crippen molar-refractivity contribution in [2.24, 2.45) is 0 Å². The Bertz CT molecular complexity index is 845. The molecule has 152 valence electrons. The number of nitrogens with zero attached hydrogens (tertiary/aromatic N) is 5. The number of anilines is 2. The molecule has 4 rings (SSSR count). The molecule has 29 heavy (non-hydrogen) atoms. The van der Waals surface area contributed by atoms with E-state index in [1.807, 2.05) is 18.3 Å². The van der Waals surface area contributed by atoms with E-state index in [0.29, 0.717) is 18.7 Å². The number of amides is 2. The summed E-state index contributed by atoms with van der Waals surface area (Å²) in [4.78, 5) is 39.9. The molecule has 0 unspecified atom stereocenters. The third kappa shape index (κ3) is 4.64. The molecule has 8 heteroatoms. The van der Waals surface area contributed by atoms with Crippen molar-refractivity contribution in [3.8, 4) is 0 Å². The van der Waals surface area contributed by atoms with Gasteiger partial charge in [-0.1, -0.05) is 18.2 Å². The molecule has 2 amide bonds. The molecule has 0 atom stereocenters. The topological polar surface area (TPSA) is 81.7 Å². The molecule has 2 aliphatic heterocycles. The molecule has 8 nitrogen and oxygen atoms in total. The van der Waals surface area contributed by atoms with E-state index in [2.05, 4.69) is 20.1 Å². The van der Waals surface area contributed by atoms with Gasteiger partial charge in [0.25, 0.3) is 5.91 Å². The lowest BCUT2D eigenvalue weighted by Gasteiger charge is -2.35. The molecule has 0 spiro atoms. The second kappa shape index (κ2) is 8.89. The Labute approximate surface area is 170 Å². The first-order valence-corrected chi connectivity index (χ1v) is 10.1. The number of rotatable bonds is 5. The van der Waals surface area contributed by atoms with Crippen molar-refractivity contribution in [3.05, 3.63) is 48.2 Å². The predicted octanol–water partition coefficient (Wildman–Crippen LogP) is 1.16. The van der Waals surface area contributed by atoms with E-state index >= 15 is 0 Å². The standard InChI is InChI=1S/C21H26N6O2/c28-19(16-23-20(29)17-6-2-1-3-7-17)26-14-12-25(13-15-26)18-8-9-22-21(24-18)27-10-4-5-11-27/h1-3,6-9H,4-5,10-16H2,(H,23,29). The summed E-state index contributed by atoms with van der Waals surface area (Å²) in [5.74, 6) is 1.41. The summed E-state index contributed by atoms with van der Waals surface area (Å²) in [5.41, 5.74) is 0.558. The Hall–Kier alpha value is -3.16. The van der Waals surface area contributed by atoms with E-state index in [1.165, 1.54) is 12.8 Å². The highest BCUT2D eigenvalue weighted by molar-refractivity contribution is 5.96. The maximum atomic E-state index is 12.5. The van der Waals surface area contributed by atoms with Crippen LogP contribution in [-0.4, -0.2) is 72.5 Å². The van der Waals surface area contributed by atoms with Crippen molar-refractivity contribution >= 4 is 23.6 Å². The van der Waals surface area contributed by atoms with Crippen LogP contribution in [0.2, 0.25) is 0 Å². The smallest absolute Gasteiger partial charge is 0.251 e. The lowest BCUT2D eigenvalue weighted by Crippen LogP contribution is -2.51. The summed E-state index contributed by atoms with van der Waals surface area (Å²) < 4.78 is 0. The Morgan fingerprint density at radius 2 is 1.62 bits per heavy atom. The van der Waals surface area contributed by atoms with Crippen molar-refractivity contribution in [1.29, 1.82) is 0 Å². The summed E-state index contributed by atoms with van der Waals surface area (Å²) in [5, 5.41) is 2.71. The second-order valence-electron chi connectivity index (χ2n) is 7.33. The monoisotopic (exact) mass is 394 g/mol. The van der Waals surface area contributed by atoms with Crippen LogP contribution in [0.1, 0.15) is 23.2 Å². The van der Waals surface area contributed by atoms with E-state index < -0.39 is 0 Å². The van der Waals surface area contributed by atoms with Gasteiger partial charge in [0.05, 0.1) is 6.54 Å². The average molecular weight is 394 g/mol. The van der Waals surface area contributed by atoms with Crippen LogP contribution in [0.5, 0.6) is 0 Å². The number of carbonyl (C=O) groups excluding carboxylic acids is 2. The molecule has 1 N–H and O–H groups in total. The van der Waals surface area contributed by atoms with Crippen LogP contribution in [0.4, 0.5) is 11.8 Å². The van der Waals surface area contributed by atoms with Crippen LogP contribution in [0, 0.1) is 0 Å². The maximum absolute atomic E-state index is 12.5. The normalized spacial score (nSPS) is 16.8. The number of hydrogen-bond acceptors (Lipinski definition) is 6. The number of aromatic nitrogens is 2. The first-order chi connectivity index (χ1) is 14.2. The van der Waals surface area contributed by atoms with Gasteiger partial charge in [-0.15, -0.1) is 0 Å². The fraction of sp³-hybridized carbons (Fsp3) is 0.429. The van der Waals surface area contributed by atoms with Gasteiger partial charge in [0, 0.05) is 51.0 Å². The predicted molar refractivity (Wildman–Crippen MR) is 111 cm³/mol. The van der Waals surface area contributed by atoms with E-state index in [4.69, 9.17) is 4.98 Å².